The van der Waals surface area contributed by atoms with Crippen molar-refractivity contribution < 1.29 is 9.90 Å². The van der Waals surface area contributed by atoms with Gasteiger partial charge in [0.1, 0.15) is 0 Å². The molecule has 0 unspecified atom stereocenters. The molecule has 1 heterocycles. The Morgan fingerprint density at radius 2 is 2.00 bits per heavy atom. The van der Waals surface area contributed by atoms with E-state index in [1.807, 2.05) is 0 Å². The third-order valence-corrected chi connectivity index (χ3v) is 3.37. The van der Waals surface area contributed by atoms with Gasteiger partial charge in [-0.15, -0.1) is 0 Å². The van der Waals surface area contributed by atoms with E-state index in [9.17, 15) is 9.90 Å². The predicted molar refractivity (Wildman–Crippen MR) is 57.5 cm³/mol. The molecule has 4 nitrogen and oxygen atoms in total. The Hall–Kier alpha value is -0.610. The van der Waals surface area contributed by atoms with Crippen LogP contribution in [0.4, 0.5) is 0 Å². The molecule has 4 heteroatoms. The van der Waals surface area contributed by atoms with Crippen molar-refractivity contribution >= 4 is 5.91 Å². The maximum Gasteiger partial charge on any atom is 0.223 e. The minimum absolute atomic E-state index is 0.00546. The molecule has 2 fully saturated rings. The number of nitrogens with one attached hydrogen (secondary N) is 2. The van der Waals surface area contributed by atoms with Crippen LogP contribution < -0.4 is 10.6 Å². The summed E-state index contributed by atoms with van der Waals surface area (Å²) in [5.41, 5.74) is -0.779. The average molecular weight is 212 g/mol. The minimum Gasteiger partial charge on any atom is -0.387 e. The first-order valence-electron chi connectivity index (χ1n) is 5.90. The van der Waals surface area contributed by atoms with Gasteiger partial charge in [-0.3, -0.25) is 4.79 Å². The van der Waals surface area contributed by atoms with Crippen molar-refractivity contribution in [2.24, 2.45) is 0 Å². The lowest BCUT2D eigenvalue weighted by molar-refractivity contribution is -0.129. The van der Waals surface area contributed by atoms with Gasteiger partial charge >= 0.3 is 0 Å². The van der Waals surface area contributed by atoms with Gasteiger partial charge in [0.2, 0.25) is 5.91 Å². The van der Waals surface area contributed by atoms with E-state index >= 15 is 0 Å². The first kappa shape index (κ1) is 10.9. The van der Waals surface area contributed by atoms with Crippen LogP contribution in [0.15, 0.2) is 0 Å². The largest absolute Gasteiger partial charge is 0.387 e. The third kappa shape index (κ3) is 2.92. The van der Waals surface area contributed by atoms with Gasteiger partial charge in [-0.2, -0.15) is 0 Å². The fourth-order valence-corrected chi connectivity index (χ4v) is 2.36. The topological polar surface area (TPSA) is 61.4 Å². The molecule has 1 saturated carbocycles. The van der Waals surface area contributed by atoms with Gasteiger partial charge in [-0.25, -0.2) is 0 Å². The minimum atomic E-state index is -0.779. The highest BCUT2D eigenvalue weighted by molar-refractivity contribution is 5.77. The zero-order chi connectivity index (χ0) is 10.7. The summed E-state index contributed by atoms with van der Waals surface area (Å²) in [5.74, 6) is 0.00546. The van der Waals surface area contributed by atoms with E-state index in [0.717, 1.165) is 12.8 Å². The van der Waals surface area contributed by atoms with Crippen LogP contribution in [0.25, 0.3) is 0 Å². The normalized spacial score (nSPS) is 25.7. The molecule has 0 aromatic heterocycles. The van der Waals surface area contributed by atoms with Crippen LogP contribution in [0.3, 0.4) is 0 Å². The molecule has 3 N–H and O–H groups in total. The van der Waals surface area contributed by atoms with E-state index < -0.39 is 5.60 Å². The van der Waals surface area contributed by atoms with Crippen molar-refractivity contribution in [2.45, 2.75) is 50.2 Å². The summed E-state index contributed by atoms with van der Waals surface area (Å²) in [4.78, 5) is 11.6. The van der Waals surface area contributed by atoms with Gasteiger partial charge in [0.15, 0.2) is 0 Å². The first-order chi connectivity index (χ1) is 7.18. The summed E-state index contributed by atoms with van der Waals surface area (Å²) in [6, 6.07) is 0.350. The number of rotatable bonds is 3. The molecule has 0 bridgehead atoms. The molecule has 2 rings (SSSR count). The van der Waals surface area contributed by atoms with Crippen LogP contribution in [-0.2, 0) is 4.79 Å². The van der Waals surface area contributed by atoms with Gasteiger partial charge in [0, 0.05) is 19.1 Å². The van der Waals surface area contributed by atoms with Crippen molar-refractivity contribution in [1.29, 1.82) is 0 Å². The van der Waals surface area contributed by atoms with Gasteiger partial charge in [0.05, 0.1) is 12.0 Å². The summed E-state index contributed by atoms with van der Waals surface area (Å²) >= 11 is 0. The number of hydrogen-bond donors (Lipinski definition) is 3. The second-order valence-electron chi connectivity index (χ2n) is 4.91. The number of aliphatic hydroxyl groups is 1. The van der Waals surface area contributed by atoms with E-state index in [-0.39, 0.29) is 12.3 Å². The van der Waals surface area contributed by atoms with E-state index in [1.54, 1.807) is 0 Å². The van der Waals surface area contributed by atoms with Crippen molar-refractivity contribution in [1.82, 2.24) is 10.6 Å². The summed E-state index contributed by atoms with van der Waals surface area (Å²) in [6.07, 6.45) is 6.18. The zero-order valence-corrected chi connectivity index (χ0v) is 9.09. The van der Waals surface area contributed by atoms with Crippen LogP contribution in [0.5, 0.6) is 0 Å². The lowest BCUT2D eigenvalue weighted by atomic mass is 9.91. The Morgan fingerprint density at radius 1 is 1.33 bits per heavy atom. The molecule has 15 heavy (non-hydrogen) atoms. The smallest absolute Gasteiger partial charge is 0.223 e. The highest BCUT2D eigenvalue weighted by Crippen LogP contribution is 2.19. The van der Waals surface area contributed by atoms with E-state index in [1.165, 1.54) is 19.3 Å². The quantitative estimate of drug-likeness (QED) is 0.624. The van der Waals surface area contributed by atoms with Crippen LogP contribution in [-0.4, -0.2) is 35.7 Å². The van der Waals surface area contributed by atoms with Gasteiger partial charge in [-0.1, -0.05) is 19.3 Å². The Balaban J connectivity index is 1.71. The summed E-state index contributed by atoms with van der Waals surface area (Å²) < 4.78 is 0. The number of hydrogen-bond acceptors (Lipinski definition) is 3. The summed E-state index contributed by atoms with van der Waals surface area (Å²) in [6.45, 7) is 1.09. The number of amides is 1. The summed E-state index contributed by atoms with van der Waals surface area (Å²) in [7, 11) is 0. The molecule has 1 aliphatic carbocycles. The second kappa shape index (κ2) is 4.49. The Bertz CT molecular complexity index is 233. The average Bonchev–Trinajstić information content (AvgIpc) is 2.16. The predicted octanol–water partition coefficient (Wildman–Crippen LogP) is 0.160. The first-order valence-corrected chi connectivity index (χ1v) is 5.90. The molecule has 0 atom stereocenters. The molecule has 0 aromatic carbocycles. The van der Waals surface area contributed by atoms with Crippen LogP contribution in [0.1, 0.15) is 38.5 Å². The van der Waals surface area contributed by atoms with Crippen molar-refractivity contribution in [3.8, 4) is 0 Å². The number of β-amino-alcohol motifs (C(OH)–C–C–N with tert-alkyl or cyclic N) is 1. The SMILES string of the molecule is O=C(CC1(O)CNC1)NC1CCCCC1. The summed E-state index contributed by atoms with van der Waals surface area (Å²) in [5, 5.41) is 15.8. The van der Waals surface area contributed by atoms with Crippen LogP contribution >= 0.6 is 0 Å². The molecule has 0 radical (unpaired) electrons. The van der Waals surface area contributed by atoms with Crippen molar-refractivity contribution in [3.05, 3.63) is 0 Å². The fraction of sp³-hybridized carbons (Fsp3) is 0.909. The standard InChI is InChI=1S/C11H20N2O2/c14-10(6-11(15)7-12-8-11)13-9-4-2-1-3-5-9/h9,12,15H,1-8H2,(H,13,14). The van der Waals surface area contributed by atoms with E-state index in [0.29, 0.717) is 19.1 Å². The monoisotopic (exact) mass is 212 g/mol. The highest BCUT2D eigenvalue weighted by Gasteiger charge is 2.36. The molecular weight excluding hydrogens is 192 g/mol. The van der Waals surface area contributed by atoms with Crippen molar-refractivity contribution in [2.75, 3.05) is 13.1 Å². The highest BCUT2D eigenvalue weighted by atomic mass is 16.3. The molecule has 86 valence electrons. The van der Waals surface area contributed by atoms with Crippen molar-refractivity contribution in [3.63, 3.8) is 0 Å². The van der Waals surface area contributed by atoms with Gasteiger partial charge in [0.25, 0.3) is 0 Å². The zero-order valence-electron chi connectivity index (χ0n) is 9.09. The fourth-order valence-electron chi connectivity index (χ4n) is 2.36. The maximum atomic E-state index is 11.6. The second-order valence-corrected chi connectivity index (χ2v) is 4.91. The lowest BCUT2D eigenvalue weighted by Crippen LogP contribution is -2.61. The Labute approximate surface area is 90.4 Å². The molecule has 1 aliphatic heterocycles. The Kier molecular flexibility index (Phi) is 3.26. The van der Waals surface area contributed by atoms with E-state index in [4.69, 9.17) is 0 Å². The molecule has 1 saturated heterocycles. The number of carbonyl (C=O) groups is 1. The maximum absolute atomic E-state index is 11.6. The molecule has 0 aromatic rings. The van der Waals surface area contributed by atoms with Crippen LogP contribution in [0, 0.1) is 0 Å². The van der Waals surface area contributed by atoms with E-state index in [2.05, 4.69) is 10.6 Å². The van der Waals surface area contributed by atoms with Gasteiger partial charge < -0.3 is 15.7 Å². The van der Waals surface area contributed by atoms with Gasteiger partial charge in [-0.05, 0) is 12.8 Å². The Morgan fingerprint density at radius 3 is 2.53 bits per heavy atom. The molecular formula is C11H20N2O2. The van der Waals surface area contributed by atoms with Crippen LogP contribution in [0.2, 0.25) is 0 Å². The molecule has 2 aliphatic rings. The lowest BCUT2D eigenvalue weighted by Gasteiger charge is -2.37. The third-order valence-electron chi connectivity index (χ3n) is 3.37. The molecule has 0 spiro atoms. The number of carbonyl (C=O) groups excluding carboxylic acids is 1. The molecule has 1 amide bonds.